The lowest BCUT2D eigenvalue weighted by Gasteiger charge is -2.07. The van der Waals surface area contributed by atoms with Crippen molar-refractivity contribution in [3.05, 3.63) is 35.9 Å². The van der Waals surface area contributed by atoms with Crippen molar-refractivity contribution in [2.75, 3.05) is 0 Å². The Morgan fingerprint density at radius 2 is 1.69 bits per heavy atom. The van der Waals surface area contributed by atoms with E-state index in [-0.39, 0.29) is 0 Å². The van der Waals surface area contributed by atoms with Crippen LogP contribution in [-0.2, 0) is 19.3 Å². The second kappa shape index (κ2) is 6.55. The smallest absolute Gasteiger partial charge is 0.306 e. The van der Waals surface area contributed by atoms with Gasteiger partial charge in [0, 0.05) is 0 Å². The standard InChI is InChI=1S/C7H7Cl2O3P/c8-11-13(12-9)10-6-7-4-2-1-3-5-7/h1-5H,6H2. The van der Waals surface area contributed by atoms with Gasteiger partial charge in [0.15, 0.2) is 0 Å². The Balaban J connectivity index is 2.34. The minimum Gasteiger partial charge on any atom is -0.306 e. The summed E-state index contributed by atoms with van der Waals surface area (Å²) < 4.78 is 13.6. The molecule has 1 aromatic rings. The Morgan fingerprint density at radius 3 is 2.23 bits per heavy atom. The lowest BCUT2D eigenvalue weighted by Crippen LogP contribution is -1.87. The molecule has 0 fully saturated rings. The van der Waals surface area contributed by atoms with Gasteiger partial charge in [0.25, 0.3) is 0 Å². The summed E-state index contributed by atoms with van der Waals surface area (Å²) in [5, 5.41) is 0. The molecule has 0 heterocycles. The van der Waals surface area contributed by atoms with Crippen molar-refractivity contribution >= 4 is 32.3 Å². The summed E-state index contributed by atoms with van der Waals surface area (Å²) >= 11 is 10.1. The summed E-state index contributed by atoms with van der Waals surface area (Å²) in [6, 6.07) is 9.56. The van der Waals surface area contributed by atoms with E-state index >= 15 is 0 Å². The van der Waals surface area contributed by atoms with E-state index in [0.29, 0.717) is 6.61 Å². The summed E-state index contributed by atoms with van der Waals surface area (Å²) in [6.45, 7) is 0.353. The molecule has 0 spiro atoms. The van der Waals surface area contributed by atoms with E-state index in [1.807, 2.05) is 30.3 Å². The van der Waals surface area contributed by atoms with E-state index in [2.05, 4.69) is 8.15 Å². The van der Waals surface area contributed by atoms with Gasteiger partial charge in [-0.3, -0.25) is 0 Å². The van der Waals surface area contributed by atoms with Crippen LogP contribution in [0.15, 0.2) is 30.3 Å². The first-order valence-corrected chi connectivity index (χ1v) is 5.12. The van der Waals surface area contributed by atoms with Gasteiger partial charge in [-0.2, -0.15) is 8.15 Å². The average Bonchev–Trinajstić information content (AvgIpc) is 2.21. The van der Waals surface area contributed by atoms with Crippen LogP contribution in [0.2, 0.25) is 0 Å². The Labute approximate surface area is 87.8 Å². The molecular weight excluding hydrogens is 234 g/mol. The monoisotopic (exact) mass is 240 g/mol. The SMILES string of the molecule is ClOP(OCl)OCc1ccccc1. The molecule has 0 N–H and O–H groups in total. The largest absolute Gasteiger partial charge is 0.368 e. The van der Waals surface area contributed by atoms with Crippen LogP contribution in [0.3, 0.4) is 0 Å². The first-order valence-electron chi connectivity index (χ1n) is 3.41. The van der Waals surface area contributed by atoms with E-state index < -0.39 is 8.60 Å². The molecule has 0 aliphatic heterocycles. The van der Waals surface area contributed by atoms with Gasteiger partial charge in [-0.05, 0) is 5.56 Å². The van der Waals surface area contributed by atoms with E-state index in [1.165, 1.54) is 0 Å². The summed E-state index contributed by atoms with van der Waals surface area (Å²) in [4.78, 5) is 0. The molecule has 0 aliphatic rings. The van der Waals surface area contributed by atoms with Crippen LogP contribution in [0, 0.1) is 0 Å². The van der Waals surface area contributed by atoms with Crippen molar-refractivity contribution in [2.45, 2.75) is 6.61 Å². The molecule has 0 bridgehead atoms. The highest BCUT2D eigenvalue weighted by atomic mass is 35.5. The van der Waals surface area contributed by atoms with Crippen LogP contribution >= 0.6 is 32.3 Å². The van der Waals surface area contributed by atoms with E-state index in [4.69, 9.17) is 28.3 Å². The topological polar surface area (TPSA) is 27.7 Å². The van der Waals surface area contributed by atoms with Crippen molar-refractivity contribution in [3.63, 3.8) is 0 Å². The highest BCUT2D eigenvalue weighted by Crippen LogP contribution is 2.43. The fourth-order valence-electron chi connectivity index (χ4n) is 0.752. The normalized spacial score (nSPS) is 10.7. The van der Waals surface area contributed by atoms with Gasteiger partial charge in [-0.1, -0.05) is 30.3 Å². The summed E-state index contributed by atoms with van der Waals surface area (Å²) in [5.74, 6) is 0. The molecule has 0 aliphatic carbocycles. The van der Waals surface area contributed by atoms with Crippen LogP contribution in [0.25, 0.3) is 0 Å². The third-order valence-corrected chi connectivity index (χ3v) is 2.53. The van der Waals surface area contributed by atoms with Crippen LogP contribution in [0.4, 0.5) is 0 Å². The zero-order valence-electron chi connectivity index (χ0n) is 6.52. The first kappa shape index (κ1) is 11.2. The predicted molar refractivity (Wildman–Crippen MR) is 52.0 cm³/mol. The molecule has 72 valence electrons. The Bertz CT molecular complexity index is 230. The maximum atomic E-state index is 5.08. The minimum atomic E-state index is -1.65. The summed E-state index contributed by atoms with van der Waals surface area (Å²) in [7, 11) is -1.65. The number of hydrogen-bond donors (Lipinski definition) is 0. The van der Waals surface area contributed by atoms with Gasteiger partial charge >= 0.3 is 8.60 Å². The van der Waals surface area contributed by atoms with Gasteiger partial charge in [0.05, 0.1) is 30.3 Å². The number of hydrogen-bond acceptors (Lipinski definition) is 3. The third-order valence-electron chi connectivity index (χ3n) is 1.29. The second-order valence-corrected chi connectivity index (χ2v) is 3.93. The maximum Gasteiger partial charge on any atom is 0.368 e. The number of halogens is 2. The fraction of sp³-hybridized carbons (Fsp3) is 0.143. The minimum absolute atomic E-state index is 0.353. The number of benzene rings is 1. The first-order chi connectivity index (χ1) is 6.36. The van der Waals surface area contributed by atoms with Crippen molar-refractivity contribution < 1.29 is 12.7 Å². The summed E-state index contributed by atoms with van der Waals surface area (Å²) in [6.07, 6.45) is 0. The van der Waals surface area contributed by atoms with Gasteiger partial charge in [-0.25, -0.2) is 0 Å². The van der Waals surface area contributed by atoms with Crippen molar-refractivity contribution in [3.8, 4) is 0 Å². The predicted octanol–water partition coefficient (Wildman–Crippen LogP) is 3.77. The Morgan fingerprint density at radius 1 is 1.08 bits per heavy atom. The second-order valence-electron chi connectivity index (χ2n) is 2.12. The number of rotatable bonds is 5. The zero-order chi connectivity index (χ0) is 9.52. The molecule has 6 heteroatoms. The lowest BCUT2D eigenvalue weighted by atomic mass is 10.2. The lowest BCUT2D eigenvalue weighted by molar-refractivity contribution is 0.266. The third kappa shape index (κ3) is 4.23. The summed E-state index contributed by atoms with van der Waals surface area (Å²) in [5.41, 5.74) is 0.998. The van der Waals surface area contributed by atoms with Crippen molar-refractivity contribution in [1.29, 1.82) is 0 Å². The van der Waals surface area contributed by atoms with Gasteiger partial charge in [-0.15, -0.1) is 0 Å². The molecule has 13 heavy (non-hydrogen) atoms. The van der Waals surface area contributed by atoms with Gasteiger partial charge < -0.3 is 4.52 Å². The van der Waals surface area contributed by atoms with Gasteiger partial charge in [0.1, 0.15) is 0 Å². The molecule has 0 unspecified atom stereocenters. The molecule has 0 radical (unpaired) electrons. The van der Waals surface area contributed by atoms with Gasteiger partial charge in [0.2, 0.25) is 0 Å². The molecule has 0 saturated carbocycles. The van der Waals surface area contributed by atoms with Crippen LogP contribution < -0.4 is 0 Å². The fourth-order valence-corrected chi connectivity index (χ4v) is 1.60. The van der Waals surface area contributed by atoms with Crippen LogP contribution in [-0.4, -0.2) is 0 Å². The molecule has 1 rings (SSSR count). The quantitative estimate of drug-likeness (QED) is 0.734. The average molecular weight is 241 g/mol. The van der Waals surface area contributed by atoms with Crippen LogP contribution in [0.5, 0.6) is 0 Å². The van der Waals surface area contributed by atoms with Crippen molar-refractivity contribution in [2.24, 2.45) is 0 Å². The molecule has 1 aromatic carbocycles. The van der Waals surface area contributed by atoms with E-state index in [9.17, 15) is 0 Å². The molecule has 0 aromatic heterocycles. The highest BCUT2D eigenvalue weighted by molar-refractivity contribution is 7.43. The van der Waals surface area contributed by atoms with E-state index in [0.717, 1.165) is 5.56 Å². The molecule has 3 nitrogen and oxygen atoms in total. The van der Waals surface area contributed by atoms with Crippen molar-refractivity contribution in [1.82, 2.24) is 0 Å². The molecule has 0 atom stereocenters. The Kier molecular flexibility index (Phi) is 5.63. The molecule has 0 saturated heterocycles. The zero-order valence-corrected chi connectivity index (χ0v) is 8.93. The van der Waals surface area contributed by atoms with E-state index in [1.54, 1.807) is 0 Å². The highest BCUT2D eigenvalue weighted by Gasteiger charge is 2.10. The maximum absolute atomic E-state index is 5.08. The van der Waals surface area contributed by atoms with Crippen LogP contribution in [0.1, 0.15) is 5.56 Å². The molecular formula is C7H7Cl2O3P. The Hall–Kier alpha value is 0.110. The molecule has 0 amide bonds.